The van der Waals surface area contributed by atoms with Crippen LogP contribution in [0.15, 0.2) is 4.52 Å². The first-order valence-electron chi connectivity index (χ1n) is 8.05. The topological polar surface area (TPSA) is 55.6 Å². The van der Waals surface area contributed by atoms with E-state index in [1.165, 1.54) is 0 Å². The zero-order valence-electron chi connectivity index (χ0n) is 14.2. The number of hydrogen-bond donors (Lipinski definition) is 0. The number of hydrogen-bond acceptors (Lipinski definition) is 4. The van der Waals surface area contributed by atoms with Crippen molar-refractivity contribution in [3.05, 3.63) is 17.0 Å². The van der Waals surface area contributed by atoms with Crippen LogP contribution in [0, 0.1) is 13.8 Å². The molecular formula is C16H23F3N2O3. The Bertz CT molecular complexity index is 546. The first-order valence-corrected chi connectivity index (χ1v) is 8.05. The van der Waals surface area contributed by atoms with E-state index in [0.717, 1.165) is 10.5 Å². The van der Waals surface area contributed by atoms with Gasteiger partial charge in [-0.3, -0.25) is 4.79 Å². The largest absolute Gasteiger partial charge is 0.406 e. The summed E-state index contributed by atoms with van der Waals surface area (Å²) in [6.07, 6.45) is -3.26. The molecule has 1 aromatic rings. The molecule has 2 rings (SSSR count). The highest BCUT2D eigenvalue weighted by molar-refractivity contribution is 5.77. The average molecular weight is 348 g/mol. The third-order valence-corrected chi connectivity index (χ3v) is 4.31. The maximum absolute atomic E-state index is 12.9. The number of halogens is 3. The van der Waals surface area contributed by atoms with Gasteiger partial charge in [0.25, 0.3) is 0 Å². The van der Waals surface area contributed by atoms with Gasteiger partial charge in [-0.25, -0.2) is 0 Å². The predicted octanol–water partition coefficient (Wildman–Crippen LogP) is 3.35. The van der Waals surface area contributed by atoms with Crippen LogP contribution in [0.5, 0.6) is 0 Å². The Morgan fingerprint density at radius 3 is 2.62 bits per heavy atom. The number of aromatic nitrogens is 1. The molecule has 1 aliphatic heterocycles. The quantitative estimate of drug-likeness (QED) is 0.819. The number of nitrogens with zero attached hydrogens (tertiary/aromatic N) is 2. The highest BCUT2D eigenvalue weighted by Gasteiger charge is 2.37. The fourth-order valence-electron chi connectivity index (χ4n) is 3.26. The number of carbonyl (C=O) groups excluding carboxylic acids is 1. The van der Waals surface area contributed by atoms with E-state index in [1.54, 1.807) is 20.8 Å². The molecule has 0 radical (unpaired) electrons. The number of carbonyl (C=O) groups is 1. The van der Waals surface area contributed by atoms with Gasteiger partial charge in [0.1, 0.15) is 12.3 Å². The van der Waals surface area contributed by atoms with Gasteiger partial charge in [-0.05, 0) is 32.6 Å². The van der Waals surface area contributed by atoms with Crippen LogP contribution >= 0.6 is 0 Å². The van der Waals surface area contributed by atoms with E-state index in [9.17, 15) is 18.0 Å². The second-order valence-electron chi connectivity index (χ2n) is 6.35. The summed E-state index contributed by atoms with van der Waals surface area (Å²) >= 11 is 0. The Labute approximate surface area is 139 Å². The van der Waals surface area contributed by atoms with Gasteiger partial charge in [0.05, 0.1) is 18.3 Å². The van der Waals surface area contributed by atoms with Crippen LogP contribution < -0.4 is 0 Å². The van der Waals surface area contributed by atoms with Gasteiger partial charge in [-0.2, -0.15) is 13.2 Å². The minimum absolute atomic E-state index is 0.0184. The van der Waals surface area contributed by atoms with E-state index in [4.69, 9.17) is 9.26 Å². The lowest BCUT2D eigenvalue weighted by Crippen LogP contribution is -2.49. The summed E-state index contributed by atoms with van der Waals surface area (Å²) in [5.41, 5.74) is 1.45. The standard InChI is InChI=1S/C16H23F3N2O3/c1-10(15-11(2)20-24-12(15)3)7-14(22)21(9-16(17,18)19)13-5-4-6-23-8-13/h10,13H,4-9H2,1-3H3. The molecule has 8 heteroatoms. The van der Waals surface area contributed by atoms with Gasteiger partial charge in [0.2, 0.25) is 5.91 Å². The molecule has 5 nitrogen and oxygen atoms in total. The first-order chi connectivity index (χ1) is 11.2. The zero-order chi connectivity index (χ0) is 17.9. The van der Waals surface area contributed by atoms with Crippen molar-refractivity contribution in [2.24, 2.45) is 0 Å². The SMILES string of the molecule is Cc1noc(C)c1C(C)CC(=O)N(CC(F)(F)F)C1CCCOC1. The normalized spacial score (nSPS) is 20.0. The number of aryl methyl sites for hydroxylation is 2. The minimum atomic E-state index is -4.43. The molecule has 2 atom stereocenters. The molecule has 0 saturated carbocycles. The number of rotatable bonds is 5. The Balaban J connectivity index is 2.11. The van der Waals surface area contributed by atoms with E-state index < -0.39 is 24.7 Å². The van der Waals surface area contributed by atoms with Crippen molar-refractivity contribution in [1.82, 2.24) is 10.1 Å². The lowest BCUT2D eigenvalue weighted by molar-refractivity contribution is -0.170. The first kappa shape index (κ1) is 18.8. The Morgan fingerprint density at radius 2 is 2.12 bits per heavy atom. The Kier molecular flexibility index (Phi) is 5.90. The summed E-state index contributed by atoms with van der Waals surface area (Å²) in [5.74, 6) is -0.185. The number of amides is 1. The molecule has 1 aromatic heterocycles. The molecule has 1 aliphatic rings. The highest BCUT2D eigenvalue weighted by atomic mass is 19.4. The molecule has 1 saturated heterocycles. The fraction of sp³-hybridized carbons (Fsp3) is 0.750. The Hall–Kier alpha value is -1.57. The van der Waals surface area contributed by atoms with Gasteiger partial charge in [0, 0.05) is 18.6 Å². The fourth-order valence-corrected chi connectivity index (χ4v) is 3.26. The summed E-state index contributed by atoms with van der Waals surface area (Å²) in [6.45, 7) is 4.73. The molecule has 0 aliphatic carbocycles. The lowest BCUT2D eigenvalue weighted by Gasteiger charge is -2.35. The average Bonchev–Trinajstić information content (AvgIpc) is 2.83. The van der Waals surface area contributed by atoms with Crippen LogP contribution in [0.1, 0.15) is 49.1 Å². The molecule has 1 fully saturated rings. The van der Waals surface area contributed by atoms with Crippen LogP contribution in [-0.2, 0) is 9.53 Å². The molecule has 0 bridgehead atoms. The van der Waals surface area contributed by atoms with E-state index in [1.807, 2.05) is 0 Å². The van der Waals surface area contributed by atoms with Crippen molar-refractivity contribution < 1.29 is 27.2 Å². The Morgan fingerprint density at radius 1 is 1.42 bits per heavy atom. The summed E-state index contributed by atoms with van der Waals surface area (Å²) < 4.78 is 49.0. The van der Waals surface area contributed by atoms with Crippen LogP contribution in [0.3, 0.4) is 0 Å². The number of alkyl halides is 3. The predicted molar refractivity (Wildman–Crippen MR) is 80.6 cm³/mol. The van der Waals surface area contributed by atoms with Crippen LogP contribution in [0.25, 0.3) is 0 Å². The second kappa shape index (κ2) is 7.55. The highest BCUT2D eigenvalue weighted by Crippen LogP contribution is 2.28. The van der Waals surface area contributed by atoms with Crippen LogP contribution in [-0.4, -0.2) is 47.9 Å². The molecular weight excluding hydrogens is 325 g/mol. The molecule has 0 N–H and O–H groups in total. The summed E-state index contributed by atoms with van der Waals surface area (Å²) in [6, 6.07) is -0.523. The zero-order valence-corrected chi connectivity index (χ0v) is 14.2. The van der Waals surface area contributed by atoms with Crippen molar-refractivity contribution in [3.8, 4) is 0 Å². The van der Waals surface area contributed by atoms with Gasteiger partial charge >= 0.3 is 6.18 Å². The van der Waals surface area contributed by atoms with Gasteiger partial charge < -0.3 is 14.2 Å². The van der Waals surface area contributed by atoms with Crippen molar-refractivity contribution in [3.63, 3.8) is 0 Å². The van der Waals surface area contributed by atoms with Crippen molar-refractivity contribution in [2.75, 3.05) is 19.8 Å². The molecule has 2 heterocycles. The summed E-state index contributed by atoms with van der Waals surface area (Å²) in [7, 11) is 0. The van der Waals surface area contributed by atoms with Crippen molar-refractivity contribution in [1.29, 1.82) is 0 Å². The monoisotopic (exact) mass is 348 g/mol. The molecule has 0 spiro atoms. The van der Waals surface area contributed by atoms with E-state index in [-0.39, 0.29) is 18.9 Å². The van der Waals surface area contributed by atoms with Gasteiger partial charge in [0.15, 0.2) is 0 Å². The minimum Gasteiger partial charge on any atom is -0.379 e. The smallest absolute Gasteiger partial charge is 0.379 e. The van der Waals surface area contributed by atoms with E-state index in [2.05, 4.69) is 5.16 Å². The van der Waals surface area contributed by atoms with Crippen molar-refractivity contribution in [2.45, 2.75) is 58.2 Å². The summed E-state index contributed by atoms with van der Waals surface area (Å²) in [4.78, 5) is 13.5. The molecule has 136 valence electrons. The summed E-state index contributed by atoms with van der Waals surface area (Å²) in [5, 5.41) is 3.84. The molecule has 1 amide bonds. The maximum Gasteiger partial charge on any atom is 0.406 e. The van der Waals surface area contributed by atoms with Crippen LogP contribution in [0.4, 0.5) is 13.2 Å². The maximum atomic E-state index is 12.9. The van der Waals surface area contributed by atoms with Gasteiger partial charge in [-0.15, -0.1) is 0 Å². The van der Waals surface area contributed by atoms with Crippen molar-refractivity contribution >= 4 is 5.91 Å². The lowest BCUT2D eigenvalue weighted by atomic mass is 9.95. The van der Waals surface area contributed by atoms with Gasteiger partial charge in [-0.1, -0.05) is 12.1 Å². The second-order valence-corrected chi connectivity index (χ2v) is 6.35. The third-order valence-electron chi connectivity index (χ3n) is 4.31. The van der Waals surface area contributed by atoms with E-state index >= 15 is 0 Å². The van der Waals surface area contributed by atoms with E-state index in [0.29, 0.717) is 30.9 Å². The van der Waals surface area contributed by atoms with Crippen LogP contribution in [0.2, 0.25) is 0 Å². The number of ether oxygens (including phenoxy) is 1. The molecule has 2 unspecified atom stereocenters. The molecule has 0 aromatic carbocycles. The third kappa shape index (κ3) is 4.72. The molecule has 24 heavy (non-hydrogen) atoms.